The number of fused-ring (bicyclic) bond motifs is 1. The zero-order valence-electron chi connectivity index (χ0n) is 18.7. The van der Waals surface area contributed by atoms with E-state index in [9.17, 15) is 13.2 Å². The third-order valence-electron chi connectivity index (χ3n) is 5.66. The molecule has 2 aromatic rings. The second-order valence-electron chi connectivity index (χ2n) is 7.78. The molecule has 1 aliphatic rings. The van der Waals surface area contributed by atoms with Crippen LogP contribution in [0.15, 0.2) is 47.4 Å². The predicted molar refractivity (Wildman–Crippen MR) is 129 cm³/mol. The predicted octanol–water partition coefficient (Wildman–Crippen LogP) is 4.34. The number of anilines is 2. The highest BCUT2D eigenvalue weighted by Gasteiger charge is 2.37. The van der Waals surface area contributed by atoms with Gasteiger partial charge in [0.15, 0.2) is 0 Å². The average Bonchev–Trinajstić information content (AvgIpc) is 2.86. The quantitative estimate of drug-likeness (QED) is 0.573. The molecule has 2 aromatic carbocycles. The lowest BCUT2D eigenvalue weighted by atomic mass is 10.1. The van der Waals surface area contributed by atoms with Crippen molar-refractivity contribution in [1.29, 1.82) is 0 Å². The van der Waals surface area contributed by atoms with Crippen LogP contribution in [0.1, 0.15) is 31.7 Å². The number of aliphatic carboxylic acids is 1. The molecule has 32 heavy (non-hydrogen) atoms. The first kappa shape index (κ1) is 24.4. The second-order valence-corrected chi connectivity index (χ2v) is 10.7. The number of carboxylic acids is 1. The molecule has 0 bridgehead atoms. The molecule has 0 saturated carbocycles. The summed E-state index contributed by atoms with van der Waals surface area (Å²) in [6.45, 7) is 2.63. The van der Waals surface area contributed by atoms with E-state index in [2.05, 4.69) is 6.92 Å². The number of rotatable bonds is 9. The van der Waals surface area contributed by atoms with E-state index >= 15 is 0 Å². The molecule has 9 heteroatoms. The van der Waals surface area contributed by atoms with Gasteiger partial charge in [0, 0.05) is 42.7 Å². The van der Waals surface area contributed by atoms with E-state index in [1.807, 2.05) is 35.2 Å². The molecule has 0 fully saturated rings. The fourth-order valence-electron chi connectivity index (χ4n) is 3.90. The number of likely N-dealkylation sites (N-methyl/N-ethyl adjacent to an activating group) is 1. The number of benzene rings is 2. The molecule has 0 aliphatic carbocycles. The minimum absolute atomic E-state index is 0.0673. The molecule has 0 spiro atoms. The van der Waals surface area contributed by atoms with Gasteiger partial charge < -0.3 is 14.7 Å². The van der Waals surface area contributed by atoms with Crippen molar-refractivity contribution in [3.63, 3.8) is 0 Å². The van der Waals surface area contributed by atoms with Crippen LogP contribution in [0.5, 0.6) is 5.75 Å². The summed E-state index contributed by atoms with van der Waals surface area (Å²) in [5.74, 6) is -0.0909. The van der Waals surface area contributed by atoms with Crippen molar-refractivity contribution in [1.82, 2.24) is 4.31 Å². The third kappa shape index (κ3) is 5.22. The average molecular weight is 479 g/mol. The van der Waals surface area contributed by atoms with Crippen LogP contribution < -0.4 is 9.64 Å². The maximum Gasteiger partial charge on any atom is 0.313 e. The van der Waals surface area contributed by atoms with E-state index in [0.717, 1.165) is 24.9 Å². The van der Waals surface area contributed by atoms with Gasteiger partial charge in [-0.3, -0.25) is 4.79 Å². The maximum absolute atomic E-state index is 13.7. The number of unbranched alkanes of at least 4 members (excludes halogenated alkanes) is 1. The third-order valence-corrected chi connectivity index (χ3v) is 8.56. The number of sulfonamides is 1. The minimum Gasteiger partial charge on any atom is -0.496 e. The summed E-state index contributed by atoms with van der Waals surface area (Å²) in [6, 6.07) is 13.0. The van der Waals surface area contributed by atoms with Crippen molar-refractivity contribution in [2.75, 3.05) is 31.4 Å². The first-order valence-corrected chi connectivity index (χ1v) is 13.2. The molecule has 1 N–H and O–H groups in total. The number of thioether (sulfide) groups is 1. The summed E-state index contributed by atoms with van der Waals surface area (Å²) in [4.78, 5) is 13.2. The van der Waals surface area contributed by atoms with E-state index in [4.69, 9.17) is 9.84 Å². The zero-order valence-corrected chi connectivity index (χ0v) is 20.3. The van der Waals surface area contributed by atoms with Crippen molar-refractivity contribution >= 4 is 39.1 Å². The Kier molecular flexibility index (Phi) is 8.08. The van der Waals surface area contributed by atoms with Crippen LogP contribution in [0.3, 0.4) is 0 Å². The Morgan fingerprint density at radius 2 is 1.97 bits per heavy atom. The molecular weight excluding hydrogens is 448 g/mol. The van der Waals surface area contributed by atoms with Gasteiger partial charge in [-0.25, -0.2) is 8.42 Å². The van der Waals surface area contributed by atoms with Gasteiger partial charge in [0.1, 0.15) is 10.6 Å². The van der Waals surface area contributed by atoms with Gasteiger partial charge in [0.2, 0.25) is 10.0 Å². The number of carboxylic acid groups (broad SMARTS) is 1. The fourth-order valence-corrected chi connectivity index (χ4v) is 6.22. The Balaban J connectivity index is 2.16. The molecule has 7 nitrogen and oxygen atoms in total. The topological polar surface area (TPSA) is 87.1 Å². The lowest BCUT2D eigenvalue weighted by Crippen LogP contribution is -2.40. The molecule has 1 atom stereocenters. The largest absolute Gasteiger partial charge is 0.496 e. The molecule has 3 rings (SSSR count). The van der Waals surface area contributed by atoms with Crippen molar-refractivity contribution in [2.45, 2.75) is 42.9 Å². The van der Waals surface area contributed by atoms with Gasteiger partial charge in [-0.2, -0.15) is 4.31 Å². The highest BCUT2D eigenvalue weighted by molar-refractivity contribution is 7.99. The van der Waals surface area contributed by atoms with E-state index in [0.29, 0.717) is 29.3 Å². The molecule has 0 saturated heterocycles. The molecule has 0 aromatic heterocycles. The molecule has 0 radical (unpaired) electrons. The van der Waals surface area contributed by atoms with Crippen LogP contribution in [0, 0.1) is 0 Å². The van der Waals surface area contributed by atoms with Crippen LogP contribution in [0.2, 0.25) is 0 Å². The number of hydrogen-bond donors (Lipinski definition) is 1. The van der Waals surface area contributed by atoms with Gasteiger partial charge >= 0.3 is 5.97 Å². The van der Waals surface area contributed by atoms with Gasteiger partial charge in [0.05, 0.1) is 18.6 Å². The zero-order chi connectivity index (χ0) is 23.3. The molecular formula is C23H30N2O5S2. The van der Waals surface area contributed by atoms with E-state index < -0.39 is 16.0 Å². The first-order chi connectivity index (χ1) is 15.3. The smallest absolute Gasteiger partial charge is 0.313 e. The van der Waals surface area contributed by atoms with Crippen molar-refractivity contribution < 1.29 is 23.1 Å². The summed E-state index contributed by atoms with van der Waals surface area (Å²) in [7, 11) is -0.563. The molecule has 1 aliphatic heterocycles. The highest BCUT2D eigenvalue weighted by atomic mass is 32.2. The summed E-state index contributed by atoms with van der Waals surface area (Å²) < 4.78 is 34.4. The first-order valence-electron chi connectivity index (χ1n) is 10.6. The SMILES string of the molecule is CCCCC1CN(c2ccccc2)c2cc(OC)c(CSCC(=O)O)cc2S(=O)(=O)N1C. The van der Waals surface area contributed by atoms with Gasteiger partial charge in [-0.15, -0.1) is 11.8 Å². The lowest BCUT2D eigenvalue weighted by Gasteiger charge is -2.29. The number of nitrogens with zero attached hydrogens (tertiary/aromatic N) is 2. The van der Waals surface area contributed by atoms with Gasteiger partial charge in [0.25, 0.3) is 0 Å². The van der Waals surface area contributed by atoms with Crippen LogP contribution in [0.4, 0.5) is 11.4 Å². The number of ether oxygens (including phenoxy) is 1. The molecule has 174 valence electrons. The number of carbonyl (C=O) groups is 1. The number of para-hydroxylation sites is 1. The Morgan fingerprint density at radius 1 is 1.25 bits per heavy atom. The summed E-state index contributed by atoms with van der Waals surface area (Å²) >= 11 is 1.21. The standard InChI is InChI=1S/C23H30N2O5S2/c1-4-5-9-19-14-25(18-10-7-6-8-11-18)20-13-21(30-3)17(15-31-16-23(26)27)12-22(20)32(28,29)24(19)2/h6-8,10-13,19H,4-5,9,14-16H2,1-3H3,(H,26,27). The van der Waals surface area contributed by atoms with Crippen LogP contribution >= 0.6 is 11.8 Å². The summed E-state index contributed by atoms with van der Waals surface area (Å²) in [6.07, 6.45) is 2.69. The van der Waals surface area contributed by atoms with E-state index in [1.54, 1.807) is 26.3 Å². The van der Waals surface area contributed by atoms with Crippen LogP contribution in [-0.2, 0) is 20.6 Å². The number of methoxy groups -OCH3 is 1. The van der Waals surface area contributed by atoms with Gasteiger partial charge in [-0.05, 0) is 24.6 Å². The van der Waals surface area contributed by atoms with E-state index in [1.165, 1.54) is 16.1 Å². The minimum atomic E-state index is -3.76. The number of hydrogen-bond acceptors (Lipinski definition) is 6. The van der Waals surface area contributed by atoms with Gasteiger partial charge in [-0.1, -0.05) is 38.0 Å². The Bertz CT molecular complexity index is 1040. The lowest BCUT2D eigenvalue weighted by molar-refractivity contribution is -0.133. The Labute approximate surface area is 194 Å². The van der Waals surface area contributed by atoms with E-state index in [-0.39, 0.29) is 16.7 Å². The Hall–Kier alpha value is -2.23. The molecule has 1 heterocycles. The van der Waals surface area contributed by atoms with Crippen molar-refractivity contribution in [2.24, 2.45) is 0 Å². The maximum atomic E-state index is 13.7. The van der Waals surface area contributed by atoms with Crippen LogP contribution in [-0.4, -0.2) is 56.3 Å². The van der Waals surface area contributed by atoms with Crippen molar-refractivity contribution in [3.8, 4) is 5.75 Å². The fraction of sp³-hybridized carbons (Fsp3) is 0.435. The monoisotopic (exact) mass is 478 g/mol. The Morgan fingerprint density at radius 3 is 2.59 bits per heavy atom. The highest BCUT2D eigenvalue weighted by Crippen LogP contribution is 2.42. The second kappa shape index (κ2) is 10.6. The molecule has 0 amide bonds. The van der Waals surface area contributed by atoms with Crippen LogP contribution in [0.25, 0.3) is 0 Å². The normalized spacial score (nSPS) is 18.1. The summed E-state index contributed by atoms with van der Waals surface area (Å²) in [5, 5.41) is 8.96. The van der Waals surface area contributed by atoms with Crippen molar-refractivity contribution in [3.05, 3.63) is 48.0 Å². The molecule has 1 unspecified atom stereocenters. The summed E-state index contributed by atoms with van der Waals surface area (Å²) in [5.41, 5.74) is 2.15.